The lowest BCUT2D eigenvalue weighted by Gasteiger charge is -2.03. The Morgan fingerprint density at radius 2 is 2.19 bits per heavy atom. The van der Waals surface area contributed by atoms with Crippen LogP contribution in [0.1, 0.15) is 15.9 Å². The standard InChI is InChI=1S/C15H13N3O3/c19-14(20)11-3-4-13-12(8-11)17-15(21)18(13)7-5-10-2-1-6-16-9-10/h1-4,6,8-9H,5,7H2,(H,17,21)(H,19,20). The normalized spacial score (nSPS) is 10.9. The molecule has 1 aromatic carbocycles. The fraction of sp³-hybridized carbons (Fsp3) is 0.133. The average molecular weight is 283 g/mol. The maximum absolute atomic E-state index is 12.0. The number of H-pyrrole nitrogens is 1. The number of carboxylic acids is 1. The first kappa shape index (κ1) is 13.1. The molecule has 2 N–H and O–H groups in total. The van der Waals surface area contributed by atoms with Gasteiger partial charge in [0.2, 0.25) is 0 Å². The number of hydrogen-bond donors (Lipinski definition) is 2. The Kier molecular flexibility index (Phi) is 3.27. The zero-order valence-corrected chi connectivity index (χ0v) is 11.1. The van der Waals surface area contributed by atoms with Crippen LogP contribution in [0.2, 0.25) is 0 Å². The summed E-state index contributed by atoms with van der Waals surface area (Å²) in [4.78, 5) is 29.7. The Hall–Kier alpha value is -2.89. The van der Waals surface area contributed by atoms with Crippen LogP contribution in [0.3, 0.4) is 0 Å². The fourth-order valence-corrected chi connectivity index (χ4v) is 2.31. The van der Waals surface area contributed by atoms with E-state index in [9.17, 15) is 9.59 Å². The van der Waals surface area contributed by atoms with Crippen molar-refractivity contribution in [2.75, 3.05) is 0 Å². The van der Waals surface area contributed by atoms with Gasteiger partial charge in [-0.25, -0.2) is 9.59 Å². The van der Waals surface area contributed by atoms with E-state index in [0.717, 1.165) is 5.56 Å². The van der Waals surface area contributed by atoms with Crippen LogP contribution < -0.4 is 5.69 Å². The number of imidazole rings is 1. The summed E-state index contributed by atoms with van der Waals surface area (Å²) in [7, 11) is 0. The minimum atomic E-state index is -1.01. The Morgan fingerprint density at radius 1 is 1.33 bits per heavy atom. The maximum Gasteiger partial charge on any atom is 0.335 e. The molecule has 0 saturated heterocycles. The molecule has 2 aromatic heterocycles. The number of rotatable bonds is 4. The number of carboxylic acid groups (broad SMARTS) is 1. The number of nitrogens with zero attached hydrogens (tertiary/aromatic N) is 2. The van der Waals surface area contributed by atoms with Gasteiger partial charge >= 0.3 is 11.7 Å². The number of aromatic nitrogens is 3. The van der Waals surface area contributed by atoms with E-state index in [1.54, 1.807) is 23.0 Å². The first-order chi connectivity index (χ1) is 10.1. The van der Waals surface area contributed by atoms with Gasteiger partial charge in [0.1, 0.15) is 0 Å². The van der Waals surface area contributed by atoms with Gasteiger partial charge in [0, 0.05) is 18.9 Å². The van der Waals surface area contributed by atoms with Gasteiger partial charge in [0.25, 0.3) is 0 Å². The number of aryl methyl sites for hydroxylation is 2. The van der Waals surface area contributed by atoms with Crippen molar-refractivity contribution in [3.8, 4) is 0 Å². The molecule has 6 heteroatoms. The number of benzene rings is 1. The van der Waals surface area contributed by atoms with Crippen molar-refractivity contribution in [2.24, 2.45) is 0 Å². The summed E-state index contributed by atoms with van der Waals surface area (Å²) >= 11 is 0. The Morgan fingerprint density at radius 3 is 2.90 bits per heavy atom. The molecule has 0 aliphatic heterocycles. The topological polar surface area (TPSA) is 88.0 Å². The molecule has 0 aliphatic carbocycles. The van der Waals surface area contributed by atoms with Crippen LogP contribution in [0.4, 0.5) is 0 Å². The number of aromatic amines is 1. The second kappa shape index (κ2) is 5.24. The molecule has 0 saturated carbocycles. The van der Waals surface area contributed by atoms with Crippen molar-refractivity contribution in [3.63, 3.8) is 0 Å². The number of fused-ring (bicyclic) bond motifs is 1. The second-order valence-electron chi connectivity index (χ2n) is 4.73. The fourth-order valence-electron chi connectivity index (χ4n) is 2.31. The highest BCUT2D eigenvalue weighted by atomic mass is 16.4. The highest BCUT2D eigenvalue weighted by Gasteiger charge is 2.10. The molecule has 0 radical (unpaired) electrons. The van der Waals surface area contributed by atoms with Crippen LogP contribution in [0, 0.1) is 0 Å². The molecule has 3 aromatic rings. The predicted octanol–water partition coefficient (Wildman–Crippen LogP) is 1.67. The number of hydrogen-bond acceptors (Lipinski definition) is 3. The lowest BCUT2D eigenvalue weighted by Crippen LogP contribution is -2.17. The highest BCUT2D eigenvalue weighted by Crippen LogP contribution is 2.13. The third-order valence-electron chi connectivity index (χ3n) is 3.37. The van der Waals surface area contributed by atoms with E-state index >= 15 is 0 Å². The molecule has 0 fully saturated rings. The maximum atomic E-state index is 12.0. The molecule has 0 amide bonds. The van der Waals surface area contributed by atoms with Crippen LogP contribution in [0.15, 0.2) is 47.5 Å². The molecule has 2 heterocycles. The number of aromatic carboxylic acids is 1. The van der Waals surface area contributed by atoms with Gasteiger partial charge in [0.15, 0.2) is 0 Å². The monoisotopic (exact) mass is 283 g/mol. The summed E-state index contributed by atoms with van der Waals surface area (Å²) in [6.45, 7) is 0.511. The lowest BCUT2D eigenvalue weighted by atomic mass is 10.2. The van der Waals surface area contributed by atoms with Crippen molar-refractivity contribution >= 4 is 17.0 Å². The van der Waals surface area contributed by atoms with Gasteiger partial charge < -0.3 is 10.1 Å². The quantitative estimate of drug-likeness (QED) is 0.762. The van der Waals surface area contributed by atoms with E-state index in [4.69, 9.17) is 5.11 Å². The third-order valence-corrected chi connectivity index (χ3v) is 3.37. The van der Waals surface area contributed by atoms with Crippen molar-refractivity contribution in [3.05, 3.63) is 64.3 Å². The summed E-state index contributed by atoms with van der Waals surface area (Å²) in [5, 5.41) is 8.97. The van der Waals surface area contributed by atoms with E-state index in [-0.39, 0.29) is 11.3 Å². The smallest absolute Gasteiger partial charge is 0.335 e. The number of pyridine rings is 1. The summed E-state index contributed by atoms with van der Waals surface area (Å²) in [6.07, 6.45) is 4.15. The van der Waals surface area contributed by atoms with E-state index in [1.807, 2.05) is 12.1 Å². The molecule has 0 atom stereocenters. The number of nitrogens with one attached hydrogen (secondary N) is 1. The van der Waals surface area contributed by atoms with Crippen LogP contribution in [-0.4, -0.2) is 25.6 Å². The zero-order chi connectivity index (χ0) is 14.8. The Labute approximate surface area is 119 Å². The molecule has 0 unspecified atom stereocenters. The van der Waals surface area contributed by atoms with E-state index in [1.165, 1.54) is 12.1 Å². The SMILES string of the molecule is O=C(O)c1ccc2c(c1)[nH]c(=O)n2CCc1cccnc1. The van der Waals surface area contributed by atoms with E-state index in [0.29, 0.717) is 24.0 Å². The summed E-state index contributed by atoms with van der Waals surface area (Å²) < 4.78 is 1.61. The van der Waals surface area contributed by atoms with Crippen molar-refractivity contribution in [2.45, 2.75) is 13.0 Å². The summed E-state index contributed by atoms with van der Waals surface area (Å²) in [5.41, 5.74) is 2.19. The van der Waals surface area contributed by atoms with E-state index in [2.05, 4.69) is 9.97 Å². The molecule has 21 heavy (non-hydrogen) atoms. The first-order valence-corrected chi connectivity index (χ1v) is 6.50. The molecule has 0 spiro atoms. The molecule has 6 nitrogen and oxygen atoms in total. The number of carbonyl (C=O) groups is 1. The molecular formula is C15H13N3O3. The molecule has 0 bridgehead atoms. The van der Waals surface area contributed by atoms with Gasteiger partial charge in [-0.3, -0.25) is 9.55 Å². The van der Waals surface area contributed by atoms with Crippen LogP contribution in [-0.2, 0) is 13.0 Å². The minimum Gasteiger partial charge on any atom is -0.478 e. The molecule has 0 aliphatic rings. The van der Waals surface area contributed by atoms with Crippen LogP contribution in [0.5, 0.6) is 0 Å². The first-order valence-electron chi connectivity index (χ1n) is 6.50. The van der Waals surface area contributed by atoms with Crippen molar-refractivity contribution in [1.29, 1.82) is 0 Å². The molecular weight excluding hydrogens is 270 g/mol. The second-order valence-corrected chi connectivity index (χ2v) is 4.73. The van der Waals surface area contributed by atoms with Crippen molar-refractivity contribution < 1.29 is 9.90 Å². The Balaban J connectivity index is 1.93. The van der Waals surface area contributed by atoms with Crippen LogP contribution in [0.25, 0.3) is 11.0 Å². The van der Waals surface area contributed by atoms with Crippen LogP contribution >= 0.6 is 0 Å². The van der Waals surface area contributed by atoms with Gasteiger partial charge in [0.05, 0.1) is 16.6 Å². The van der Waals surface area contributed by atoms with E-state index < -0.39 is 5.97 Å². The van der Waals surface area contributed by atoms with Gasteiger partial charge in [-0.15, -0.1) is 0 Å². The third kappa shape index (κ3) is 2.55. The zero-order valence-electron chi connectivity index (χ0n) is 11.1. The highest BCUT2D eigenvalue weighted by molar-refractivity contribution is 5.92. The Bertz CT molecular complexity index is 849. The predicted molar refractivity (Wildman–Crippen MR) is 77.5 cm³/mol. The van der Waals surface area contributed by atoms with Gasteiger partial charge in [-0.1, -0.05) is 6.07 Å². The largest absolute Gasteiger partial charge is 0.478 e. The molecule has 106 valence electrons. The molecule has 3 rings (SSSR count). The summed E-state index contributed by atoms with van der Waals surface area (Å²) in [5.74, 6) is -1.01. The van der Waals surface area contributed by atoms with Gasteiger partial charge in [-0.2, -0.15) is 0 Å². The minimum absolute atomic E-state index is 0.156. The van der Waals surface area contributed by atoms with Crippen molar-refractivity contribution in [1.82, 2.24) is 14.5 Å². The van der Waals surface area contributed by atoms with Gasteiger partial charge in [-0.05, 0) is 36.2 Å². The lowest BCUT2D eigenvalue weighted by molar-refractivity contribution is 0.0697. The average Bonchev–Trinajstić information content (AvgIpc) is 2.80. The summed E-state index contributed by atoms with van der Waals surface area (Å²) in [6, 6.07) is 8.43.